The summed E-state index contributed by atoms with van der Waals surface area (Å²) >= 11 is 0. The van der Waals surface area contributed by atoms with Gasteiger partial charge in [-0.15, -0.1) is 0 Å². The molecule has 6 nitrogen and oxygen atoms in total. The van der Waals surface area contributed by atoms with Crippen LogP contribution in [0.25, 0.3) is 0 Å². The molecule has 0 saturated carbocycles. The molecule has 0 aliphatic carbocycles. The first kappa shape index (κ1) is 61.9. The molecule has 0 radical (unpaired) electrons. The summed E-state index contributed by atoms with van der Waals surface area (Å²) in [5, 5.41) is 0. The molecule has 0 fully saturated rings. The summed E-state index contributed by atoms with van der Waals surface area (Å²) in [5.41, 5.74) is 0. The van der Waals surface area contributed by atoms with Crippen molar-refractivity contribution in [2.45, 2.75) is 271 Å². The Hall–Kier alpha value is -3.15. The van der Waals surface area contributed by atoms with Crippen molar-refractivity contribution in [1.29, 1.82) is 0 Å². The Bertz CT molecular complexity index is 1230. The third-order valence-electron chi connectivity index (χ3n) is 11.7. The Kier molecular flexibility index (Phi) is 50.9. The predicted molar refractivity (Wildman–Crippen MR) is 279 cm³/mol. The number of allylic oxidation sites excluding steroid dienone is 12. The summed E-state index contributed by atoms with van der Waals surface area (Å²) in [4.78, 5) is 38.0. The molecule has 0 aromatic rings. The second-order valence-electron chi connectivity index (χ2n) is 18.1. The largest absolute Gasteiger partial charge is 0.462 e. The molecule has 0 aliphatic rings. The van der Waals surface area contributed by atoms with Crippen molar-refractivity contribution in [2.24, 2.45) is 0 Å². The maximum Gasteiger partial charge on any atom is 0.306 e. The topological polar surface area (TPSA) is 78.9 Å². The first-order chi connectivity index (χ1) is 32.0. The van der Waals surface area contributed by atoms with Gasteiger partial charge in [0.15, 0.2) is 6.10 Å². The molecule has 1 atom stereocenters. The van der Waals surface area contributed by atoms with Crippen LogP contribution in [0.5, 0.6) is 0 Å². The molecule has 65 heavy (non-hydrogen) atoms. The van der Waals surface area contributed by atoms with Crippen molar-refractivity contribution in [1.82, 2.24) is 0 Å². The maximum absolute atomic E-state index is 12.8. The van der Waals surface area contributed by atoms with Crippen LogP contribution in [-0.4, -0.2) is 37.2 Å². The molecular weight excluding hydrogens is 805 g/mol. The Morgan fingerprint density at radius 1 is 0.308 bits per heavy atom. The highest BCUT2D eigenvalue weighted by atomic mass is 16.6. The number of unbranched alkanes of at least 4 members (excludes halogenated alkanes) is 26. The van der Waals surface area contributed by atoms with Gasteiger partial charge in [-0.1, -0.05) is 209 Å². The highest BCUT2D eigenvalue weighted by Crippen LogP contribution is 2.13. The smallest absolute Gasteiger partial charge is 0.306 e. The highest BCUT2D eigenvalue weighted by Gasteiger charge is 2.19. The van der Waals surface area contributed by atoms with Crippen LogP contribution < -0.4 is 0 Å². The Labute approximate surface area is 402 Å². The molecule has 0 amide bonds. The summed E-state index contributed by atoms with van der Waals surface area (Å²) in [6.07, 6.45) is 67.5. The minimum absolute atomic E-state index is 0.104. The summed E-state index contributed by atoms with van der Waals surface area (Å²) in [7, 11) is 0. The van der Waals surface area contributed by atoms with Crippen LogP contribution in [0.15, 0.2) is 72.9 Å². The van der Waals surface area contributed by atoms with E-state index in [1.807, 2.05) is 0 Å². The van der Waals surface area contributed by atoms with E-state index in [0.29, 0.717) is 19.3 Å². The van der Waals surface area contributed by atoms with Gasteiger partial charge >= 0.3 is 17.9 Å². The van der Waals surface area contributed by atoms with Crippen LogP contribution in [0.1, 0.15) is 265 Å². The lowest BCUT2D eigenvalue weighted by Crippen LogP contribution is -2.30. The van der Waals surface area contributed by atoms with Gasteiger partial charge in [0.25, 0.3) is 0 Å². The van der Waals surface area contributed by atoms with Gasteiger partial charge in [0.1, 0.15) is 13.2 Å². The lowest BCUT2D eigenvalue weighted by molar-refractivity contribution is -0.167. The van der Waals surface area contributed by atoms with Crippen molar-refractivity contribution in [2.75, 3.05) is 13.2 Å². The van der Waals surface area contributed by atoms with Crippen LogP contribution in [-0.2, 0) is 28.6 Å². The Balaban J connectivity index is 4.50. The lowest BCUT2D eigenvalue weighted by Gasteiger charge is -2.18. The van der Waals surface area contributed by atoms with E-state index < -0.39 is 6.10 Å². The number of hydrogen-bond donors (Lipinski definition) is 0. The fourth-order valence-electron chi connectivity index (χ4n) is 7.48. The third-order valence-corrected chi connectivity index (χ3v) is 11.7. The van der Waals surface area contributed by atoms with Gasteiger partial charge in [-0.3, -0.25) is 14.4 Å². The van der Waals surface area contributed by atoms with E-state index in [2.05, 4.69) is 93.7 Å². The fourth-order valence-corrected chi connectivity index (χ4v) is 7.48. The highest BCUT2D eigenvalue weighted by molar-refractivity contribution is 5.71. The Morgan fingerprint density at radius 3 is 0.954 bits per heavy atom. The van der Waals surface area contributed by atoms with E-state index >= 15 is 0 Å². The SMILES string of the molecule is CCCCC/C=C\C/C=C\CCCCCCCC(=O)OC[C@H](COC(=O)CCCCCCC/C=C\CCCCCCCC)OC(=O)CCC/C=C\C/C=C\C/C=C\CCCCCCCC. The second-order valence-corrected chi connectivity index (χ2v) is 18.1. The average molecular weight is 907 g/mol. The predicted octanol–water partition coefficient (Wildman–Crippen LogP) is 18.2. The minimum atomic E-state index is -0.811. The first-order valence-electron chi connectivity index (χ1n) is 27.4. The van der Waals surface area contributed by atoms with E-state index in [1.54, 1.807) is 0 Å². The molecular formula is C59H102O6. The molecule has 374 valence electrons. The minimum Gasteiger partial charge on any atom is -0.462 e. The van der Waals surface area contributed by atoms with E-state index in [4.69, 9.17) is 14.2 Å². The van der Waals surface area contributed by atoms with Crippen molar-refractivity contribution >= 4 is 17.9 Å². The van der Waals surface area contributed by atoms with Gasteiger partial charge in [0, 0.05) is 19.3 Å². The average Bonchev–Trinajstić information content (AvgIpc) is 3.30. The molecule has 6 heteroatoms. The summed E-state index contributed by atoms with van der Waals surface area (Å²) in [6, 6.07) is 0. The molecule has 0 bridgehead atoms. The summed E-state index contributed by atoms with van der Waals surface area (Å²) < 4.78 is 16.8. The zero-order valence-corrected chi connectivity index (χ0v) is 42.7. The quantitative estimate of drug-likeness (QED) is 0.0262. The van der Waals surface area contributed by atoms with Crippen molar-refractivity contribution in [3.63, 3.8) is 0 Å². The van der Waals surface area contributed by atoms with Gasteiger partial charge in [-0.2, -0.15) is 0 Å². The summed E-state index contributed by atoms with van der Waals surface area (Å²) in [6.45, 7) is 6.55. The normalized spacial score (nSPS) is 12.6. The molecule has 0 saturated heterocycles. The van der Waals surface area contributed by atoms with Gasteiger partial charge in [-0.05, 0) is 109 Å². The molecule has 0 rings (SSSR count). The third kappa shape index (κ3) is 51.7. The van der Waals surface area contributed by atoms with Crippen LogP contribution in [0.2, 0.25) is 0 Å². The zero-order valence-electron chi connectivity index (χ0n) is 42.7. The number of hydrogen-bond acceptors (Lipinski definition) is 6. The molecule has 0 aromatic heterocycles. The fraction of sp³-hybridized carbons (Fsp3) is 0.746. The van der Waals surface area contributed by atoms with Crippen LogP contribution in [0, 0.1) is 0 Å². The van der Waals surface area contributed by atoms with E-state index in [-0.39, 0.29) is 37.5 Å². The monoisotopic (exact) mass is 907 g/mol. The molecule has 0 unspecified atom stereocenters. The number of carbonyl (C=O) groups excluding carboxylic acids is 3. The second kappa shape index (κ2) is 53.5. The van der Waals surface area contributed by atoms with Crippen LogP contribution in [0.4, 0.5) is 0 Å². The first-order valence-corrected chi connectivity index (χ1v) is 27.4. The van der Waals surface area contributed by atoms with Crippen LogP contribution >= 0.6 is 0 Å². The van der Waals surface area contributed by atoms with Crippen LogP contribution in [0.3, 0.4) is 0 Å². The van der Waals surface area contributed by atoms with Crippen molar-refractivity contribution < 1.29 is 28.6 Å². The van der Waals surface area contributed by atoms with Gasteiger partial charge in [0.2, 0.25) is 0 Å². The van der Waals surface area contributed by atoms with Gasteiger partial charge in [0.05, 0.1) is 0 Å². The van der Waals surface area contributed by atoms with Gasteiger partial charge in [-0.25, -0.2) is 0 Å². The number of rotatable bonds is 49. The molecule has 0 heterocycles. The lowest BCUT2D eigenvalue weighted by atomic mass is 10.1. The number of ether oxygens (including phenoxy) is 3. The van der Waals surface area contributed by atoms with E-state index in [0.717, 1.165) is 89.9 Å². The van der Waals surface area contributed by atoms with Crippen molar-refractivity contribution in [3.8, 4) is 0 Å². The standard InChI is InChI=1S/C59H102O6/c1-4-7-10-13-16-19-22-25-28-29-32-35-38-41-44-47-50-53-59(62)65-56(54-63-57(60)51-48-45-42-39-36-33-30-26-23-20-17-14-11-8-5-2)55-64-58(61)52-49-46-43-40-37-34-31-27-24-21-18-15-12-9-6-3/h17,20,25-28,30-32,35,41,44,56H,4-16,18-19,21-24,29,33-34,36-40,42-43,45-55H2,1-3H3/b20-17-,28-25-,30-26-,31-27-,35-32-,44-41-/t56-/m1/s1. The Morgan fingerprint density at radius 2 is 0.569 bits per heavy atom. The molecule has 0 aromatic carbocycles. The molecule has 0 aliphatic heterocycles. The van der Waals surface area contributed by atoms with E-state index in [1.165, 1.54) is 128 Å². The maximum atomic E-state index is 12.8. The molecule has 0 spiro atoms. The van der Waals surface area contributed by atoms with Crippen molar-refractivity contribution in [3.05, 3.63) is 72.9 Å². The van der Waals surface area contributed by atoms with Gasteiger partial charge < -0.3 is 14.2 Å². The molecule has 0 N–H and O–H groups in total. The zero-order chi connectivity index (χ0) is 47.2. The number of carbonyl (C=O) groups is 3. The number of esters is 3. The van der Waals surface area contributed by atoms with E-state index in [9.17, 15) is 14.4 Å². The summed E-state index contributed by atoms with van der Waals surface area (Å²) in [5.74, 6) is -0.975.